The van der Waals surface area contributed by atoms with Crippen LogP contribution in [0.5, 0.6) is 0 Å². The molecular formula is C15H23FN2O. The molecule has 1 aliphatic rings. The maximum atomic E-state index is 14.1. The van der Waals surface area contributed by atoms with Gasteiger partial charge in [-0.2, -0.15) is 0 Å². The summed E-state index contributed by atoms with van der Waals surface area (Å²) in [6, 6.07) is 5.32. The normalized spacial score (nSPS) is 21.5. The van der Waals surface area contributed by atoms with Crippen molar-refractivity contribution in [2.45, 2.75) is 32.4 Å². The lowest BCUT2D eigenvalue weighted by Crippen LogP contribution is -2.43. The van der Waals surface area contributed by atoms with Crippen molar-refractivity contribution in [2.24, 2.45) is 0 Å². The van der Waals surface area contributed by atoms with Gasteiger partial charge < -0.3 is 15.0 Å². The average Bonchev–Trinajstić information content (AvgIpc) is 2.46. The molecule has 1 aromatic carbocycles. The fraction of sp³-hybridized carbons (Fsp3) is 0.600. The van der Waals surface area contributed by atoms with Crippen molar-refractivity contribution in [3.63, 3.8) is 0 Å². The van der Waals surface area contributed by atoms with E-state index in [1.807, 2.05) is 20.0 Å². The summed E-state index contributed by atoms with van der Waals surface area (Å²) in [4.78, 5) is 2.24. The Morgan fingerprint density at radius 3 is 3.00 bits per heavy atom. The monoisotopic (exact) mass is 266 g/mol. The number of rotatable bonds is 4. The van der Waals surface area contributed by atoms with Crippen molar-refractivity contribution in [2.75, 3.05) is 31.6 Å². The molecule has 0 amide bonds. The van der Waals surface area contributed by atoms with Gasteiger partial charge in [-0.25, -0.2) is 4.39 Å². The number of hydrogen-bond donors (Lipinski definition) is 1. The Morgan fingerprint density at radius 1 is 1.53 bits per heavy atom. The first kappa shape index (κ1) is 14.3. The van der Waals surface area contributed by atoms with Crippen molar-refractivity contribution < 1.29 is 9.13 Å². The maximum absolute atomic E-state index is 14.1. The van der Waals surface area contributed by atoms with Crippen molar-refractivity contribution in [1.29, 1.82) is 0 Å². The highest BCUT2D eigenvalue weighted by atomic mass is 19.1. The Kier molecular flexibility index (Phi) is 4.77. The second-order valence-electron chi connectivity index (χ2n) is 5.03. The molecule has 19 heavy (non-hydrogen) atoms. The molecule has 1 aliphatic heterocycles. The Labute approximate surface area is 114 Å². The van der Waals surface area contributed by atoms with Crippen molar-refractivity contribution in [1.82, 2.24) is 5.32 Å². The predicted octanol–water partition coefficient (Wildman–Crippen LogP) is 2.72. The zero-order valence-corrected chi connectivity index (χ0v) is 11.9. The number of hydrogen-bond acceptors (Lipinski definition) is 3. The topological polar surface area (TPSA) is 24.5 Å². The highest BCUT2D eigenvalue weighted by Gasteiger charge is 2.24. The van der Waals surface area contributed by atoms with Crippen LogP contribution in [0.3, 0.4) is 0 Å². The van der Waals surface area contributed by atoms with E-state index in [0.717, 1.165) is 30.8 Å². The molecular weight excluding hydrogens is 243 g/mol. The summed E-state index contributed by atoms with van der Waals surface area (Å²) >= 11 is 0. The lowest BCUT2D eigenvalue weighted by molar-refractivity contribution is 0.0383. The molecule has 0 radical (unpaired) electrons. The van der Waals surface area contributed by atoms with Crippen LogP contribution >= 0.6 is 0 Å². The van der Waals surface area contributed by atoms with Crippen LogP contribution < -0.4 is 10.2 Å². The Hall–Kier alpha value is -1.13. The van der Waals surface area contributed by atoms with Gasteiger partial charge in [-0.1, -0.05) is 13.0 Å². The number of morpholine rings is 1. The Morgan fingerprint density at radius 2 is 2.32 bits per heavy atom. The Balaban J connectivity index is 2.30. The first-order chi connectivity index (χ1) is 9.17. The summed E-state index contributed by atoms with van der Waals surface area (Å²) in [6.45, 7) is 6.48. The third-order valence-corrected chi connectivity index (χ3v) is 3.83. The summed E-state index contributed by atoms with van der Waals surface area (Å²) in [5.74, 6) is -0.140. The molecule has 1 N–H and O–H groups in total. The van der Waals surface area contributed by atoms with Crippen LogP contribution in [0.15, 0.2) is 18.2 Å². The van der Waals surface area contributed by atoms with Gasteiger partial charge in [0.2, 0.25) is 0 Å². The molecule has 0 bridgehead atoms. The fourth-order valence-corrected chi connectivity index (χ4v) is 2.56. The second kappa shape index (κ2) is 6.35. The molecule has 106 valence electrons. The van der Waals surface area contributed by atoms with Crippen LogP contribution in [0.25, 0.3) is 0 Å². The number of benzene rings is 1. The smallest absolute Gasteiger partial charge is 0.130 e. The van der Waals surface area contributed by atoms with Crippen LogP contribution in [-0.2, 0) is 4.74 Å². The van der Waals surface area contributed by atoms with E-state index in [4.69, 9.17) is 4.74 Å². The molecule has 0 spiro atoms. The van der Waals surface area contributed by atoms with E-state index < -0.39 is 0 Å². The van der Waals surface area contributed by atoms with Gasteiger partial charge in [0, 0.05) is 30.4 Å². The summed E-state index contributed by atoms with van der Waals surface area (Å²) in [7, 11) is 1.86. The number of nitrogens with zero attached hydrogens (tertiary/aromatic N) is 1. The van der Waals surface area contributed by atoms with Crippen LogP contribution in [-0.4, -0.2) is 32.8 Å². The van der Waals surface area contributed by atoms with Gasteiger partial charge in [0.15, 0.2) is 0 Å². The minimum Gasteiger partial charge on any atom is -0.375 e. The maximum Gasteiger partial charge on any atom is 0.130 e. The van der Waals surface area contributed by atoms with E-state index in [1.54, 1.807) is 6.07 Å². The molecule has 2 atom stereocenters. The first-order valence-corrected chi connectivity index (χ1v) is 6.99. The van der Waals surface area contributed by atoms with Crippen molar-refractivity contribution in [3.05, 3.63) is 29.6 Å². The van der Waals surface area contributed by atoms with E-state index in [2.05, 4.69) is 17.1 Å². The van der Waals surface area contributed by atoms with Crippen molar-refractivity contribution >= 4 is 5.69 Å². The molecule has 1 saturated heterocycles. The van der Waals surface area contributed by atoms with E-state index in [0.29, 0.717) is 6.61 Å². The Bertz CT molecular complexity index is 425. The van der Waals surface area contributed by atoms with Gasteiger partial charge in [-0.3, -0.25) is 0 Å². The highest BCUT2D eigenvalue weighted by Crippen LogP contribution is 2.30. The lowest BCUT2D eigenvalue weighted by atomic mass is 10.0. The quantitative estimate of drug-likeness (QED) is 0.907. The molecule has 1 fully saturated rings. The van der Waals surface area contributed by atoms with Crippen LogP contribution in [0.2, 0.25) is 0 Å². The molecule has 2 rings (SSSR count). The number of anilines is 1. The molecule has 1 aromatic rings. The van der Waals surface area contributed by atoms with Gasteiger partial charge in [0.1, 0.15) is 5.82 Å². The molecule has 1 heterocycles. The number of nitrogens with one attached hydrogen (secondary N) is 1. The third kappa shape index (κ3) is 3.07. The molecule has 0 saturated carbocycles. The molecule has 0 aromatic heterocycles. The average molecular weight is 266 g/mol. The molecule has 2 unspecified atom stereocenters. The predicted molar refractivity (Wildman–Crippen MR) is 76.1 cm³/mol. The minimum absolute atomic E-state index is 0.000813. The van der Waals surface area contributed by atoms with Crippen LogP contribution in [0.4, 0.5) is 10.1 Å². The molecule has 3 nitrogen and oxygen atoms in total. The second-order valence-corrected chi connectivity index (χ2v) is 5.03. The van der Waals surface area contributed by atoms with E-state index in [1.165, 1.54) is 6.07 Å². The summed E-state index contributed by atoms with van der Waals surface area (Å²) in [6.07, 6.45) is 1.23. The van der Waals surface area contributed by atoms with Gasteiger partial charge in [-0.05, 0) is 32.5 Å². The summed E-state index contributed by atoms with van der Waals surface area (Å²) in [5, 5.41) is 3.13. The largest absolute Gasteiger partial charge is 0.375 e. The summed E-state index contributed by atoms with van der Waals surface area (Å²) < 4.78 is 19.8. The van der Waals surface area contributed by atoms with Crippen LogP contribution in [0.1, 0.15) is 31.9 Å². The molecule has 0 aliphatic carbocycles. The fourth-order valence-electron chi connectivity index (χ4n) is 2.56. The van der Waals surface area contributed by atoms with Crippen molar-refractivity contribution in [3.8, 4) is 0 Å². The lowest BCUT2D eigenvalue weighted by Gasteiger charge is -2.36. The van der Waals surface area contributed by atoms with Gasteiger partial charge in [0.25, 0.3) is 0 Å². The van der Waals surface area contributed by atoms with E-state index in [9.17, 15) is 4.39 Å². The summed E-state index contributed by atoms with van der Waals surface area (Å²) in [5.41, 5.74) is 1.74. The number of halogens is 1. The van der Waals surface area contributed by atoms with E-state index >= 15 is 0 Å². The third-order valence-electron chi connectivity index (χ3n) is 3.83. The van der Waals surface area contributed by atoms with Gasteiger partial charge >= 0.3 is 0 Å². The van der Waals surface area contributed by atoms with Gasteiger partial charge in [0.05, 0.1) is 12.7 Å². The minimum atomic E-state index is -0.140. The van der Waals surface area contributed by atoms with Crippen LogP contribution in [0, 0.1) is 5.82 Å². The first-order valence-electron chi connectivity index (χ1n) is 6.99. The highest BCUT2D eigenvalue weighted by molar-refractivity contribution is 5.56. The SMILES string of the molecule is CCC1CN(c2cccc(F)c2C(C)NC)CCO1. The standard InChI is InChI=1S/C15H23FN2O/c1-4-12-10-18(8-9-19-12)14-7-5-6-13(16)15(14)11(2)17-3/h5-7,11-12,17H,4,8-10H2,1-3H3. The zero-order valence-electron chi connectivity index (χ0n) is 11.9. The van der Waals surface area contributed by atoms with Gasteiger partial charge in [-0.15, -0.1) is 0 Å². The zero-order chi connectivity index (χ0) is 13.8. The number of ether oxygens (including phenoxy) is 1. The molecule has 4 heteroatoms. The van der Waals surface area contributed by atoms with E-state index in [-0.39, 0.29) is 18.0 Å².